The number of hydrogen-bond acceptors (Lipinski definition) is 4. The number of carbonyl (C=O) groups excluding carboxylic acids is 1. The molecule has 5 heteroatoms. The van der Waals surface area contributed by atoms with Crippen LogP contribution in [0.4, 0.5) is 0 Å². The summed E-state index contributed by atoms with van der Waals surface area (Å²) >= 11 is 0. The molecule has 0 atom stereocenters. The molecule has 88 valence electrons. The van der Waals surface area contributed by atoms with Gasteiger partial charge in [0.2, 0.25) is 0 Å². The Morgan fingerprint density at radius 1 is 1.35 bits per heavy atom. The normalized spacial score (nSPS) is 10.3. The third-order valence-corrected chi connectivity index (χ3v) is 2.39. The first-order valence-corrected chi connectivity index (χ1v) is 5.20. The molecule has 0 aliphatic rings. The quantitative estimate of drug-likeness (QED) is 0.738. The molecule has 0 amide bonds. The molecule has 0 unspecified atom stereocenters. The zero-order valence-electron chi connectivity index (χ0n) is 9.97. The smallest absolute Gasteiger partial charge is 0.356 e. The average molecular weight is 231 g/mol. The Morgan fingerprint density at radius 2 is 2.12 bits per heavy atom. The van der Waals surface area contributed by atoms with Crippen molar-refractivity contribution in [2.24, 2.45) is 0 Å². The van der Waals surface area contributed by atoms with Gasteiger partial charge in [0.25, 0.3) is 0 Å². The van der Waals surface area contributed by atoms with Gasteiger partial charge in [0.15, 0.2) is 0 Å². The lowest BCUT2D eigenvalue weighted by Crippen LogP contribution is -2.06. The van der Waals surface area contributed by atoms with Gasteiger partial charge in [-0.3, -0.25) is 0 Å². The molecule has 0 fully saturated rings. The van der Waals surface area contributed by atoms with Gasteiger partial charge in [0.1, 0.15) is 5.69 Å². The maximum Gasteiger partial charge on any atom is 0.356 e. The van der Waals surface area contributed by atoms with Gasteiger partial charge in [-0.05, 0) is 32.0 Å². The van der Waals surface area contributed by atoms with Crippen molar-refractivity contribution in [3.05, 3.63) is 41.5 Å². The fourth-order valence-electron chi connectivity index (χ4n) is 1.66. The van der Waals surface area contributed by atoms with Gasteiger partial charge in [-0.2, -0.15) is 5.10 Å². The van der Waals surface area contributed by atoms with Crippen LogP contribution in [-0.4, -0.2) is 27.8 Å². The van der Waals surface area contributed by atoms with Crippen molar-refractivity contribution in [1.82, 2.24) is 14.8 Å². The van der Waals surface area contributed by atoms with Crippen LogP contribution in [0, 0.1) is 13.8 Å². The van der Waals surface area contributed by atoms with E-state index in [4.69, 9.17) is 0 Å². The first kappa shape index (κ1) is 11.3. The maximum atomic E-state index is 11.4. The van der Waals surface area contributed by atoms with Gasteiger partial charge < -0.3 is 4.74 Å². The summed E-state index contributed by atoms with van der Waals surface area (Å²) < 4.78 is 6.40. The largest absolute Gasteiger partial charge is 0.464 e. The minimum atomic E-state index is -0.451. The number of aryl methyl sites for hydroxylation is 2. The highest BCUT2D eigenvalue weighted by Gasteiger charge is 2.10. The van der Waals surface area contributed by atoms with E-state index in [1.807, 2.05) is 19.9 Å². The molecule has 0 radical (unpaired) electrons. The Morgan fingerprint density at radius 3 is 2.71 bits per heavy atom. The number of hydrogen-bond donors (Lipinski definition) is 0. The summed E-state index contributed by atoms with van der Waals surface area (Å²) in [6, 6.07) is 5.43. The Hall–Kier alpha value is -2.17. The van der Waals surface area contributed by atoms with Crippen LogP contribution in [0.1, 0.15) is 21.9 Å². The second-order valence-corrected chi connectivity index (χ2v) is 3.73. The van der Waals surface area contributed by atoms with Crippen molar-refractivity contribution in [3.63, 3.8) is 0 Å². The topological polar surface area (TPSA) is 57.0 Å². The molecular formula is C12H13N3O2. The van der Waals surface area contributed by atoms with E-state index in [9.17, 15) is 4.79 Å². The van der Waals surface area contributed by atoms with Crippen LogP contribution in [0.25, 0.3) is 5.69 Å². The molecule has 0 N–H and O–H groups in total. The van der Waals surface area contributed by atoms with Crippen molar-refractivity contribution in [1.29, 1.82) is 0 Å². The predicted octanol–water partition coefficient (Wildman–Crippen LogP) is 1.67. The fourth-order valence-corrected chi connectivity index (χ4v) is 1.66. The first-order chi connectivity index (χ1) is 8.11. The Kier molecular flexibility index (Phi) is 2.91. The highest BCUT2D eigenvalue weighted by atomic mass is 16.5. The van der Waals surface area contributed by atoms with Crippen molar-refractivity contribution in [3.8, 4) is 5.69 Å². The van der Waals surface area contributed by atoms with E-state index >= 15 is 0 Å². The van der Waals surface area contributed by atoms with Crippen LogP contribution in [0.3, 0.4) is 0 Å². The Bertz CT molecular complexity index is 561. The van der Waals surface area contributed by atoms with Crippen molar-refractivity contribution in [2.45, 2.75) is 13.8 Å². The minimum absolute atomic E-state index is 0.276. The molecule has 5 nitrogen and oxygen atoms in total. The van der Waals surface area contributed by atoms with Gasteiger partial charge in [-0.1, -0.05) is 0 Å². The number of ether oxygens (including phenoxy) is 1. The fraction of sp³-hybridized carbons (Fsp3) is 0.250. The maximum absolute atomic E-state index is 11.4. The lowest BCUT2D eigenvalue weighted by molar-refractivity contribution is 0.0594. The monoisotopic (exact) mass is 231 g/mol. The number of pyridine rings is 1. The van der Waals surface area contributed by atoms with Gasteiger partial charge in [0, 0.05) is 11.9 Å². The summed E-state index contributed by atoms with van der Waals surface area (Å²) in [5.74, 6) is -0.451. The standard InChI is InChI=1S/C12H13N3O2/c1-8-6-9(2)15(14-8)10-4-5-13-11(7-10)12(16)17-3/h4-7H,1-3H3. The van der Waals surface area contributed by atoms with Gasteiger partial charge in [-0.25, -0.2) is 14.5 Å². The van der Waals surface area contributed by atoms with E-state index in [1.165, 1.54) is 7.11 Å². The van der Waals surface area contributed by atoms with Crippen molar-refractivity contribution in [2.75, 3.05) is 7.11 Å². The molecular weight excluding hydrogens is 218 g/mol. The summed E-state index contributed by atoms with van der Waals surface area (Å²) in [6.45, 7) is 3.88. The van der Waals surface area contributed by atoms with Crippen LogP contribution in [0.5, 0.6) is 0 Å². The molecule has 2 aromatic rings. The van der Waals surface area contributed by atoms with E-state index in [-0.39, 0.29) is 5.69 Å². The zero-order chi connectivity index (χ0) is 12.4. The molecule has 0 aliphatic heterocycles. The predicted molar refractivity (Wildman–Crippen MR) is 62.2 cm³/mol. The molecule has 0 bridgehead atoms. The van der Waals surface area contributed by atoms with Crippen LogP contribution >= 0.6 is 0 Å². The summed E-state index contributed by atoms with van der Waals surface area (Å²) in [5.41, 5.74) is 3.01. The number of nitrogens with zero attached hydrogens (tertiary/aromatic N) is 3. The SMILES string of the molecule is COC(=O)c1cc(-n2nc(C)cc2C)ccn1. The van der Waals surface area contributed by atoms with Gasteiger partial charge in [0.05, 0.1) is 18.5 Å². The van der Waals surface area contributed by atoms with Gasteiger partial charge >= 0.3 is 5.97 Å². The van der Waals surface area contributed by atoms with Crippen LogP contribution in [0.2, 0.25) is 0 Å². The molecule has 2 aromatic heterocycles. The Labute approximate surface area is 99.1 Å². The average Bonchev–Trinajstić information content (AvgIpc) is 2.67. The summed E-state index contributed by atoms with van der Waals surface area (Å²) in [5, 5.41) is 4.34. The lowest BCUT2D eigenvalue weighted by atomic mass is 10.3. The van der Waals surface area contributed by atoms with Crippen molar-refractivity contribution < 1.29 is 9.53 Å². The molecule has 0 spiro atoms. The lowest BCUT2D eigenvalue weighted by Gasteiger charge is -2.05. The zero-order valence-corrected chi connectivity index (χ0v) is 9.97. The van der Waals surface area contributed by atoms with Gasteiger partial charge in [-0.15, -0.1) is 0 Å². The molecule has 0 saturated heterocycles. The number of carbonyl (C=O) groups is 1. The van der Waals surface area contributed by atoms with Crippen LogP contribution < -0.4 is 0 Å². The third-order valence-electron chi connectivity index (χ3n) is 2.39. The first-order valence-electron chi connectivity index (χ1n) is 5.20. The second kappa shape index (κ2) is 4.37. The van der Waals surface area contributed by atoms with E-state index < -0.39 is 5.97 Å². The summed E-state index contributed by atoms with van der Waals surface area (Å²) in [6.07, 6.45) is 1.57. The van der Waals surface area contributed by atoms with Crippen molar-refractivity contribution >= 4 is 5.97 Å². The van der Waals surface area contributed by atoms with E-state index in [0.29, 0.717) is 0 Å². The molecule has 0 aliphatic carbocycles. The molecule has 2 heterocycles. The van der Waals surface area contributed by atoms with E-state index in [2.05, 4.69) is 14.8 Å². The molecule has 17 heavy (non-hydrogen) atoms. The number of methoxy groups -OCH3 is 1. The number of aromatic nitrogens is 3. The molecule has 0 aromatic carbocycles. The van der Waals surface area contributed by atoms with Crippen LogP contribution in [-0.2, 0) is 4.74 Å². The molecule has 2 rings (SSSR count). The minimum Gasteiger partial charge on any atom is -0.464 e. The summed E-state index contributed by atoms with van der Waals surface area (Å²) in [4.78, 5) is 15.3. The highest BCUT2D eigenvalue weighted by Crippen LogP contribution is 2.12. The summed E-state index contributed by atoms with van der Waals surface area (Å²) in [7, 11) is 1.33. The third kappa shape index (κ3) is 2.18. The second-order valence-electron chi connectivity index (χ2n) is 3.73. The van der Waals surface area contributed by atoms with E-state index in [0.717, 1.165) is 17.1 Å². The van der Waals surface area contributed by atoms with E-state index in [1.54, 1.807) is 23.0 Å². The Balaban J connectivity index is 2.46. The van der Waals surface area contributed by atoms with Crippen LogP contribution in [0.15, 0.2) is 24.4 Å². The number of esters is 1. The molecule has 0 saturated carbocycles. The number of rotatable bonds is 2. The highest BCUT2D eigenvalue weighted by molar-refractivity contribution is 5.87.